The number of aromatic nitrogens is 4. The molecular weight excluding hydrogens is 434 g/mol. The van der Waals surface area contributed by atoms with Crippen LogP contribution in [-0.2, 0) is 5.75 Å². The van der Waals surface area contributed by atoms with Gasteiger partial charge in [0.15, 0.2) is 11.0 Å². The van der Waals surface area contributed by atoms with Crippen molar-refractivity contribution in [3.05, 3.63) is 101 Å². The largest absolute Gasteiger partial charge is 0.334 e. The molecule has 0 spiro atoms. The van der Waals surface area contributed by atoms with Gasteiger partial charge in [-0.05, 0) is 36.4 Å². The van der Waals surface area contributed by atoms with E-state index in [4.69, 9.17) is 4.52 Å². The van der Waals surface area contributed by atoms with Crippen LogP contribution in [-0.4, -0.2) is 19.7 Å². The van der Waals surface area contributed by atoms with E-state index in [2.05, 4.69) is 15.1 Å². The van der Waals surface area contributed by atoms with Gasteiger partial charge in [0.2, 0.25) is 0 Å². The molecule has 0 N–H and O–H groups in total. The zero-order valence-corrected chi connectivity index (χ0v) is 17.2. The summed E-state index contributed by atoms with van der Waals surface area (Å²) in [6, 6.07) is 19.1. The molecule has 5 rings (SSSR count). The van der Waals surface area contributed by atoms with Gasteiger partial charge < -0.3 is 4.52 Å². The first-order chi connectivity index (χ1) is 15.6. The molecule has 0 radical (unpaired) electrons. The van der Waals surface area contributed by atoms with Crippen molar-refractivity contribution in [2.75, 3.05) is 0 Å². The fourth-order valence-corrected chi connectivity index (χ4v) is 4.07. The van der Waals surface area contributed by atoms with Crippen LogP contribution in [0.25, 0.3) is 28.0 Å². The van der Waals surface area contributed by atoms with Crippen LogP contribution in [0.1, 0.15) is 5.82 Å². The summed E-state index contributed by atoms with van der Waals surface area (Å²) in [5.74, 6) is -0.610. The zero-order chi connectivity index (χ0) is 22.1. The van der Waals surface area contributed by atoms with Gasteiger partial charge in [-0.1, -0.05) is 47.3 Å². The molecule has 2 heterocycles. The van der Waals surface area contributed by atoms with Gasteiger partial charge in [-0.2, -0.15) is 4.98 Å². The highest BCUT2D eigenvalue weighted by atomic mass is 32.2. The molecule has 3 aromatic carbocycles. The molecule has 6 nitrogen and oxygen atoms in total. The van der Waals surface area contributed by atoms with Crippen molar-refractivity contribution in [1.29, 1.82) is 0 Å². The lowest BCUT2D eigenvalue weighted by Crippen LogP contribution is -2.22. The minimum atomic E-state index is -0.864. The molecule has 0 fully saturated rings. The highest BCUT2D eigenvalue weighted by Gasteiger charge is 2.18. The van der Waals surface area contributed by atoms with Crippen molar-refractivity contribution < 1.29 is 13.3 Å². The third kappa shape index (κ3) is 3.78. The van der Waals surface area contributed by atoms with Crippen LogP contribution in [0.15, 0.2) is 87.3 Å². The Morgan fingerprint density at radius 1 is 0.938 bits per heavy atom. The summed E-state index contributed by atoms with van der Waals surface area (Å²) in [6.45, 7) is 0. The molecule has 0 saturated carbocycles. The van der Waals surface area contributed by atoms with Gasteiger partial charge in [-0.15, -0.1) is 0 Å². The third-order valence-corrected chi connectivity index (χ3v) is 5.65. The molecule has 9 heteroatoms. The van der Waals surface area contributed by atoms with Gasteiger partial charge in [-0.3, -0.25) is 9.36 Å². The van der Waals surface area contributed by atoms with Crippen LogP contribution in [0.5, 0.6) is 0 Å². The lowest BCUT2D eigenvalue weighted by molar-refractivity contribution is 0.425. The predicted molar refractivity (Wildman–Crippen MR) is 117 cm³/mol. The van der Waals surface area contributed by atoms with E-state index >= 15 is 0 Å². The van der Waals surface area contributed by atoms with Crippen molar-refractivity contribution >= 4 is 22.7 Å². The van der Waals surface area contributed by atoms with Crippen LogP contribution in [0.2, 0.25) is 0 Å². The maximum atomic E-state index is 14.6. The predicted octanol–water partition coefficient (Wildman–Crippen LogP) is 5.01. The third-order valence-electron chi connectivity index (χ3n) is 4.71. The van der Waals surface area contributed by atoms with Crippen molar-refractivity contribution in [1.82, 2.24) is 19.7 Å². The molecule has 0 aliphatic rings. The van der Waals surface area contributed by atoms with E-state index in [1.54, 1.807) is 24.3 Å². The van der Waals surface area contributed by atoms with Crippen molar-refractivity contribution in [3.63, 3.8) is 0 Å². The number of fused-ring (bicyclic) bond motifs is 1. The lowest BCUT2D eigenvalue weighted by Gasteiger charge is -2.13. The molecule has 0 unspecified atom stereocenters. The fraction of sp³-hybridized carbons (Fsp3) is 0.0435. The van der Waals surface area contributed by atoms with Crippen LogP contribution >= 0.6 is 11.8 Å². The molecule has 0 aliphatic heterocycles. The highest BCUT2D eigenvalue weighted by Crippen LogP contribution is 2.26. The first-order valence-electron chi connectivity index (χ1n) is 9.58. The molecule has 5 aromatic rings. The Morgan fingerprint density at radius 2 is 1.72 bits per heavy atom. The van der Waals surface area contributed by atoms with E-state index in [9.17, 15) is 13.6 Å². The Labute approximate surface area is 184 Å². The Hall–Kier alpha value is -3.85. The minimum absolute atomic E-state index is 0.0877. The van der Waals surface area contributed by atoms with E-state index in [1.807, 2.05) is 30.3 Å². The van der Waals surface area contributed by atoms with Gasteiger partial charge in [-0.25, -0.2) is 13.8 Å². The van der Waals surface area contributed by atoms with Gasteiger partial charge in [0.1, 0.15) is 11.6 Å². The first kappa shape index (κ1) is 20.1. The second kappa shape index (κ2) is 8.35. The Balaban J connectivity index is 1.55. The summed E-state index contributed by atoms with van der Waals surface area (Å²) >= 11 is 1.15. The average Bonchev–Trinajstić information content (AvgIpc) is 3.28. The fourth-order valence-electron chi connectivity index (χ4n) is 3.22. The highest BCUT2D eigenvalue weighted by molar-refractivity contribution is 7.98. The number of thioether (sulfide) groups is 1. The molecule has 0 amide bonds. The van der Waals surface area contributed by atoms with E-state index in [-0.39, 0.29) is 16.6 Å². The van der Waals surface area contributed by atoms with E-state index in [0.717, 1.165) is 34.0 Å². The van der Waals surface area contributed by atoms with Gasteiger partial charge in [0, 0.05) is 11.6 Å². The summed E-state index contributed by atoms with van der Waals surface area (Å²) < 4.78 is 34.5. The van der Waals surface area contributed by atoms with Crippen molar-refractivity contribution in [3.8, 4) is 17.1 Å². The molecular formula is C23H14F2N4O2S. The minimum Gasteiger partial charge on any atom is -0.334 e. The summed E-state index contributed by atoms with van der Waals surface area (Å²) in [6.07, 6.45) is 0. The maximum absolute atomic E-state index is 14.6. The smallest absolute Gasteiger partial charge is 0.266 e. The summed E-state index contributed by atoms with van der Waals surface area (Å²) in [5, 5.41) is 4.53. The monoisotopic (exact) mass is 448 g/mol. The number of hydrogen-bond acceptors (Lipinski definition) is 6. The quantitative estimate of drug-likeness (QED) is 0.278. The van der Waals surface area contributed by atoms with Gasteiger partial charge in [0.05, 0.1) is 22.3 Å². The van der Waals surface area contributed by atoms with Crippen molar-refractivity contribution in [2.45, 2.75) is 10.9 Å². The lowest BCUT2D eigenvalue weighted by atomic mass is 10.2. The molecule has 0 atom stereocenters. The SMILES string of the molecule is O=c1c2ccccc2nc(SCc2noc(-c3ccccc3)n2)n1-c1ccc(F)cc1F. The number of rotatable bonds is 5. The number of para-hydroxylation sites is 1. The summed E-state index contributed by atoms with van der Waals surface area (Å²) in [7, 11) is 0. The average molecular weight is 448 g/mol. The second-order valence-corrected chi connectivity index (χ2v) is 7.76. The van der Waals surface area contributed by atoms with Gasteiger partial charge >= 0.3 is 0 Å². The molecule has 0 bridgehead atoms. The first-order valence-corrected chi connectivity index (χ1v) is 10.6. The van der Waals surface area contributed by atoms with Gasteiger partial charge in [0.25, 0.3) is 11.4 Å². The second-order valence-electron chi connectivity index (χ2n) is 6.82. The normalized spacial score (nSPS) is 11.2. The number of hydrogen-bond donors (Lipinski definition) is 0. The number of benzene rings is 3. The van der Waals surface area contributed by atoms with Crippen LogP contribution in [0.3, 0.4) is 0 Å². The zero-order valence-electron chi connectivity index (χ0n) is 16.4. The Kier molecular flexibility index (Phi) is 5.24. The molecule has 0 aliphatic carbocycles. The van der Waals surface area contributed by atoms with Crippen LogP contribution in [0, 0.1) is 11.6 Å². The number of halogens is 2. The summed E-state index contributed by atoms with van der Waals surface area (Å²) in [5.41, 5.74) is 0.708. The number of nitrogens with zero attached hydrogens (tertiary/aromatic N) is 4. The maximum Gasteiger partial charge on any atom is 0.266 e. The Bertz CT molecular complexity index is 1480. The molecule has 32 heavy (non-hydrogen) atoms. The van der Waals surface area contributed by atoms with Crippen LogP contribution < -0.4 is 5.56 Å². The standard InChI is InChI=1S/C23H14F2N4O2S/c24-15-10-11-19(17(25)12-15)29-22(30)16-8-4-5-9-18(16)26-23(29)32-13-20-27-21(31-28-20)14-6-2-1-3-7-14/h1-12H,13H2. The van der Waals surface area contributed by atoms with E-state index in [0.29, 0.717) is 22.6 Å². The topological polar surface area (TPSA) is 73.8 Å². The van der Waals surface area contributed by atoms with Crippen LogP contribution in [0.4, 0.5) is 8.78 Å². The molecule has 0 saturated heterocycles. The van der Waals surface area contributed by atoms with E-state index < -0.39 is 17.2 Å². The Morgan fingerprint density at radius 3 is 2.53 bits per heavy atom. The summed E-state index contributed by atoms with van der Waals surface area (Å²) in [4.78, 5) is 22.1. The van der Waals surface area contributed by atoms with E-state index in [1.165, 1.54) is 6.07 Å². The molecule has 2 aromatic heterocycles. The molecule has 158 valence electrons. The van der Waals surface area contributed by atoms with Crippen molar-refractivity contribution in [2.24, 2.45) is 0 Å².